The third-order valence-electron chi connectivity index (χ3n) is 8.60. The molecule has 0 radical (unpaired) electrons. The molecule has 0 bridgehead atoms. The summed E-state index contributed by atoms with van der Waals surface area (Å²) in [6.45, 7) is 4.55. The van der Waals surface area contributed by atoms with E-state index in [1.807, 2.05) is 0 Å². The van der Waals surface area contributed by atoms with Crippen molar-refractivity contribution in [1.29, 1.82) is 0 Å². The van der Waals surface area contributed by atoms with Crippen LogP contribution < -0.4 is 0 Å². The summed E-state index contributed by atoms with van der Waals surface area (Å²) in [6, 6.07) is 43.7. The van der Waals surface area contributed by atoms with Gasteiger partial charge in [0.05, 0.1) is 5.41 Å². The fourth-order valence-corrected chi connectivity index (χ4v) is 7.05. The normalized spacial score (nSPS) is 18.9. The highest BCUT2D eigenvalue weighted by atomic mass is 14.5. The Morgan fingerprint density at radius 1 is 0.528 bits per heavy atom. The van der Waals surface area contributed by atoms with Crippen LogP contribution in [0.3, 0.4) is 0 Å². The minimum atomic E-state index is -0.302. The monoisotopic (exact) mass is 462 g/mol. The molecule has 174 valence electrons. The molecule has 5 aromatic rings. The van der Waals surface area contributed by atoms with Gasteiger partial charge in [0.1, 0.15) is 0 Å². The second-order valence-electron chi connectivity index (χ2n) is 10.2. The van der Waals surface area contributed by atoms with E-state index in [0.29, 0.717) is 5.92 Å². The smallest absolute Gasteiger partial charge is 0.0645 e. The van der Waals surface area contributed by atoms with E-state index in [2.05, 4.69) is 129 Å². The molecular weight excluding hydrogens is 432 g/mol. The lowest BCUT2D eigenvalue weighted by molar-refractivity contribution is 0.649. The first-order valence-corrected chi connectivity index (χ1v) is 13.3. The Morgan fingerprint density at radius 3 is 1.83 bits per heavy atom. The van der Waals surface area contributed by atoms with Gasteiger partial charge in [-0.1, -0.05) is 123 Å². The fourth-order valence-electron chi connectivity index (χ4n) is 7.05. The molecule has 0 aliphatic heterocycles. The minimum Gasteiger partial charge on any atom is -0.0645 e. The first-order chi connectivity index (χ1) is 17.8. The maximum atomic E-state index is 2.49. The molecule has 0 amide bonds. The van der Waals surface area contributed by atoms with Crippen molar-refractivity contribution in [1.82, 2.24) is 0 Å². The highest BCUT2D eigenvalue weighted by Crippen LogP contribution is 2.61. The Kier molecular flexibility index (Phi) is 4.79. The van der Waals surface area contributed by atoms with Gasteiger partial charge in [0.15, 0.2) is 0 Å². The van der Waals surface area contributed by atoms with Gasteiger partial charge in [0.25, 0.3) is 0 Å². The zero-order valence-electron chi connectivity index (χ0n) is 21.0. The van der Waals surface area contributed by atoms with Crippen molar-refractivity contribution in [2.45, 2.75) is 38.0 Å². The van der Waals surface area contributed by atoms with Crippen LogP contribution in [0.15, 0.2) is 115 Å². The first kappa shape index (κ1) is 21.4. The van der Waals surface area contributed by atoms with E-state index in [4.69, 9.17) is 0 Å². The first-order valence-electron chi connectivity index (χ1n) is 13.3. The second-order valence-corrected chi connectivity index (χ2v) is 10.2. The molecule has 0 heteroatoms. The summed E-state index contributed by atoms with van der Waals surface area (Å²) in [4.78, 5) is 0. The van der Waals surface area contributed by atoms with Gasteiger partial charge in [-0.2, -0.15) is 0 Å². The average Bonchev–Trinajstić information content (AvgIpc) is 3.24. The summed E-state index contributed by atoms with van der Waals surface area (Å²) in [5.41, 5.74) is 15.1. The molecule has 1 spiro atoms. The van der Waals surface area contributed by atoms with Crippen LogP contribution in [0.1, 0.15) is 65.1 Å². The van der Waals surface area contributed by atoms with Gasteiger partial charge in [-0.25, -0.2) is 0 Å². The Hall–Kier alpha value is -3.90. The summed E-state index contributed by atoms with van der Waals surface area (Å²) in [7, 11) is 0. The molecule has 2 aliphatic rings. The molecule has 0 saturated heterocycles. The van der Waals surface area contributed by atoms with Crippen LogP contribution in [0.5, 0.6) is 0 Å². The van der Waals surface area contributed by atoms with E-state index >= 15 is 0 Å². The van der Waals surface area contributed by atoms with E-state index in [1.165, 1.54) is 61.2 Å². The van der Waals surface area contributed by atoms with Crippen molar-refractivity contribution in [2.75, 3.05) is 0 Å². The van der Waals surface area contributed by atoms with E-state index in [9.17, 15) is 0 Å². The molecule has 36 heavy (non-hydrogen) atoms. The second kappa shape index (κ2) is 8.07. The third kappa shape index (κ3) is 2.76. The van der Waals surface area contributed by atoms with Crippen molar-refractivity contribution in [3.63, 3.8) is 0 Å². The lowest BCUT2D eigenvalue weighted by Crippen LogP contribution is -2.35. The largest absolute Gasteiger partial charge is 0.0719 e. The number of fused-ring (bicyclic) bond motifs is 9. The lowest BCUT2D eigenvalue weighted by atomic mass is 9.59. The van der Waals surface area contributed by atoms with Crippen molar-refractivity contribution >= 4 is 0 Å². The van der Waals surface area contributed by atoms with Crippen LogP contribution >= 0.6 is 0 Å². The maximum Gasteiger partial charge on any atom is 0.0719 e. The Morgan fingerprint density at radius 2 is 1.14 bits per heavy atom. The number of hydrogen-bond donors (Lipinski definition) is 0. The van der Waals surface area contributed by atoms with E-state index in [-0.39, 0.29) is 5.41 Å². The summed E-state index contributed by atoms with van der Waals surface area (Å²) in [5, 5.41) is 0. The Bertz CT molecular complexity index is 1570. The summed E-state index contributed by atoms with van der Waals surface area (Å²) in [5.74, 6) is 0.420. The zero-order valence-corrected chi connectivity index (χ0v) is 21.0. The molecule has 7 rings (SSSR count). The van der Waals surface area contributed by atoms with Crippen LogP contribution in [0.25, 0.3) is 22.3 Å². The molecule has 0 nitrogen and oxygen atoms in total. The van der Waals surface area contributed by atoms with Gasteiger partial charge in [-0.05, 0) is 80.1 Å². The van der Waals surface area contributed by atoms with Gasteiger partial charge in [0, 0.05) is 5.92 Å². The van der Waals surface area contributed by atoms with Crippen LogP contribution in [-0.2, 0) is 11.8 Å². The van der Waals surface area contributed by atoms with E-state index < -0.39 is 0 Å². The zero-order chi connectivity index (χ0) is 24.3. The quantitative estimate of drug-likeness (QED) is 0.246. The molecule has 5 aromatic carbocycles. The molecule has 0 heterocycles. The summed E-state index contributed by atoms with van der Waals surface area (Å²) >= 11 is 0. The number of benzene rings is 5. The SMILES string of the molecule is CCc1cccc(-c2ccc3c(c2)C2(c4ccccc4-3)c3ccccc3C(CC)c3ccccc32)c1. The number of rotatable bonds is 3. The van der Waals surface area contributed by atoms with Gasteiger partial charge >= 0.3 is 0 Å². The van der Waals surface area contributed by atoms with Gasteiger partial charge in [-0.15, -0.1) is 0 Å². The Labute approximate surface area is 214 Å². The molecule has 0 atom stereocenters. The fraction of sp³-hybridized carbons (Fsp3) is 0.167. The average molecular weight is 463 g/mol. The predicted molar refractivity (Wildman–Crippen MR) is 151 cm³/mol. The highest BCUT2D eigenvalue weighted by Gasteiger charge is 2.51. The van der Waals surface area contributed by atoms with Crippen LogP contribution in [0, 0.1) is 0 Å². The van der Waals surface area contributed by atoms with Gasteiger partial charge in [-0.3, -0.25) is 0 Å². The van der Waals surface area contributed by atoms with E-state index in [1.54, 1.807) is 0 Å². The lowest BCUT2D eigenvalue weighted by Gasteiger charge is -2.43. The predicted octanol–water partition coefficient (Wildman–Crippen LogP) is 9.13. The molecule has 0 saturated carbocycles. The third-order valence-corrected chi connectivity index (χ3v) is 8.60. The molecule has 0 N–H and O–H groups in total. The topological polar surface area (TPSA) is 0 Å². The number of aryl methyl sites for hydroxylation is 1. The molecule has 0 unspecified atom stereocenters. The van der Waals surface area contributed by atoms with Gasteiger partial charge < -0.3 is 0 Å². The van der Waals surface area contributed by atoms with Gasteiger partial charge in [0.2, 0.25) is 0 Å². The van der Waals surface area contributed by atoms with Crippen LogP contribution in [0.4, 0.5) is 0 Å². The van der Waals surface area contributed by atoms with Crippen molar-refractivity contribution in [3.8, 4) is 22.3 Å². The molecule has 0 fully saturated rings. The molecule has 2 aliphatic carbocycles. The van der Waals surface area contributed by atoms with E-state index in [0.717, 1.165) is 12.8 Å². The van der Waals surface area contributed by atoms with Crippen molar-refractivity contribution in [3.05, 3.63) is 154 Å². The van der Waals surface area contributed by atoms with Crippen molar-refractivity contribution in [2.24, 2.45) is 0 Å². The minimum absolute atomic E-state index is 0.302. The summed E-state index contributed by atoms with van der Waals surface area (Å²) < 4.78 is 0. The van der Waals surface area contributed by atoms with Crippen molar-refractivity contribution < 1.29 is 0 Å². The Balaban J connectivity index is 1.61. The number of hydrogen-bond acceptors (Lipinski definition) is 0. The maximum absolute atomic E-state index is 2.49. The van der Waals surface area contributed by atoms with Crippen LogP contribution in [-0.4, -0.2) is 0 Å². The molecule has 0 aromatic heterocycles. The van der Waals surface area contributed by atoms with Crippen LogP contribution in [0.2, 0.25) is 0 Å². The molecular formula is C36H30. The summed E-state index contributed by atoms with van der Waals surface area (Å²) in [6.07, 6.45) is 2.15. The standard InChI is InChI=1S/C36H30/c1-3-24-12-11-13-25(22-24)26-20-21-31-30-16-7-10-19-34(30)36(35(31)23-26)32-17-8-5-14-28(32)27(4-2)29-15-6-9-18-33(29)36/h5-23,27H,3-4H2,1-2H3. The highest BCUT2D eigenvalue weighted by molar-refractivity contribution is 5.89.